The summed E-state index contributed by atoms with van der Waals surface area (Å²) in [7, 11) is -1.57. The summed E-state index contributed by atoms with van der Waals surface area (Å²) in [5, 5.41) is 4.04. The maximum atomic E-state index is 13.4. The highest BCUT2D eigenvalue weighted by molar-refractivity contribution is 7.91. The second-order valence-electron chi connectivity index (χ2n) is 12.1. The lowest BCUT2D eigenvalue weighted by Gasteiger charge is -2.40. The lowest BCUT2D eigenvalue weighted by molar-refractivity contribution is 0.0758. The smallest absolute Gasteiger partial charge is 0.409 e. The van der Waals surface area contributed by atoms with Crippen molar-refractivity contribution in [3.05, 3.63) is 46.2 Å². The summed E-state index contributed by atoms with van der Waals surface area (Å²) in [6.07, 6.45) is 3.29. The van der Waals surface area contributed by atoms with E-state index in [1.807, 2.05) is 38.1 Å². The zero-order chi connectivity index (χ0) is 30.0. The van der Waals surface area contributed by atoms with Gasteiger partial charge in [0, 0.05) is 63.4 Å². The third-order valence-corrected chi connectivity index (χ3v) is 10.7. The summed E-state index contributed by atoms with van der Waals surface area (Å²) in [5.74, 6) is 0.00390. The third-order valence-electron chi connectivity index (χ3n) is 9.11. The standard InChI is InChI=1S/C30H43N5O6S/c1-21(2)35-27-7-5-4-6-22(27)18-26(29(35)37)28(36)31-23-19-24-8-9-25(20-23)34(24)13-12-33(30(38)41-3)11-10-32-14-16-42(39,40)17-15-32/h4-7,18,21,23-25H,8-17,19-20H2,1-3H3,(H,31,36). The SMILES string of the molecule is COC(=O)N(CCN1CCS(=O)(=O)CC1)CCN1C2CCC1CC(NC(=O)c1cc3ccccc3n(C(C)C)c1=O)C2. The predicted octanol–water partition coefficient (Wildman–Crippen LogP) is 2.11. The molecule has 12 heteroatoms. The third kappa shape index (κ3) is 6.65. The quantitative estimate of drug-likeness (QED) is 0.464. The number of fused-ring (bicyclic) bond motifs is 3. The minimum absolute atomic E-state index is 0.0169. The lowest BCUT2D eigenvalue weighted by atomic mass is 9.96. The molecule has 3 aliphatic rings. The number of aromatic nitrogens is 1. The fraction of sp³-hybridized carbons (Fsp3) is 0.633. The molecule has 5 rings (SSSR count). The molecule has 4 heterocycles. The number of pyridine rings is 1. The summed E-state index contributed by atoms with van der Waals surface area (Å²) in [6.45, 7) is 7.20. The summed E-state index contributed by atoms with van der Waals surface area (Å²) in [6, 6.07) is 9.86. The zero-order valence-corrected chi connectivity index (χ0v) is 25.6. The average molecular weight is 602 g/mol. The Labute approximate surface area is 247 Å². The summed E-state index contributed by atoms with van der Waals surface area (Å²) < 4.78 is 30.2. The van der Waals surface area contributed by atoms with Crippen molar-refractivity contribution in [3.8, 4) is 0 Å². The topological polar surface area (TPSA) is 121 Å². The molecule has 1 aromatic carbocycles. The van der Waals surface area contributed by atoms with Gasteiger partial charge in [-0.1, -0.05) is 18.2 Å². The van der Waals surface area contributed by atoms with Crippen molar-refractivity contribution in [2.45, 2.75) is 63.7 Å². The monoisotopic (exact) mass is 601 g/mol. The van der Waals surface area contributed by atoms with Crippen molar-refractivity contribution in [2.75, 3.05) is 57.9 Å². The number of nitrogens with one attached hydrogen (secondary N) is 1. The number of methoxy groups -OCH3 is 1. The van der Waals surface area contributed by atoms with Gasteiger partial charge in [-0.3, -0.25) is 19.4 Å². The molecule has 0 spiro atoms. The number of ether oxygens (including phenoxy) is 1. The Morgan fingerprint density at radius 1 is 1.05 bits per heavy atom. The highest BCUT2D eigenvalue weighted by Crippen LogP contribution is 2.35. The van der Waals surface area contributed by atoms with E-state index in [-0.39, 0.29) is 46.7 Å². The van der Waals surface area contributed by atoms with E-state index in [0.29, 0.717) is 51.4 Å². The number of hydrogen-bond acceptors (Lipinski definition) is 8. The van der Waals surface area contributed by atoms with Crippen molar-refractivity contribution in [1.29, 1.82) is 0 Å². The molecule has 3 saturated heterocycles. The number of carbonyl (C=O) groups excluding carboxylic acids is 2. The van der Waals surface area contributed by atoms with Crippen molar-refractivity contribution in [3.63, 3.8) is 0 Å². The maximum absolute atomic E-state index is 13.4. The van der Waals surface area contributed by atoms with E-state index in [4.69, 9.17) is 4.74 Å². The van der Waals surface area contributed by atoms with Crippen molar-refractivity contribution >= 4 is 32.7 Å². The number of para-hydroxylation sites is 1. The highest BCUT2D eigenvalue weighted by atomic mass is 32.2. The van der Waals surface area contributed by atoms with E-state index < -0.39 is 9.84 Å². The van der Waals surface area contributed by atoms with Crippen LogP contribution in [-0.4, -0.2) is 116 Å². The minimum atomic E-state index is -2.95. The molecule has 42 heavy (non-hydrogen) atoms. The van der Waals surface area contributed by atoms with E-state index in [2.05, 4.69) is 15.1 Å². The van der Waals surface area contributed by atoms with E-state index in [1.54, 1.807) is 15.5 Å². The van der Waals surface area contributed by atoms with Crippen molar-refractivity contribution in [1.82, 2.24) is 24.6 Å². The van der Waals surface area contributed by atoms with Crippen LogP contribution in [-0.2, 0) is 14.6 Å². The number of nitrogens with zero attached hydrogens (tertiary/aromatic N) is 4. The summed E-state index contributed by atoms with van der Waals surface area (Å²) >= 11 is 0. The molecule has 0 aliphatic carbocycles. The first-order valence-corrected chi connectivity index (χ1v) is 16.8. The fourth-order valence-corrected chi connectivity index (χ4v) is 8.15. The molecule has 0 saturated carbocycles. The van der Waals surface area contributed by atoms with Crippen molar-refractivity contribution < 1.29 is 22.7 Å². The predicted molar refractivity (Wildman–Crippen MR) is 162 cm³/mol. The summed E-state index contributed by atoms with van der Waals surface area (Å²) in [4.78, 5) is 45.5. The Morgan fingerprint density at radius 3 is 2.33 bits per heavy atom. The first kappa shape index (κ1) is 30.5. The number of piperidine rings is 1. The van der Waals surface area contributed by atoms with Crippen LogP contribution in [0.4, 0.5) is 4.79 Å². The van der Waals surface area contributed by atoms with Gasteiger partial charge in [0.25, 0.3) is 11.5 Å². The Balaban J connectivity index is 1.18. The van der Waals surface area contributed by atoms with Gasteiger partial charge in [-0.05, 0) is 57.0 Å². The van der Waals surface area contributed by atoms with Gasteiger partial charge < -0.3 is 19.5 Å². The molecule has 11 nitrogen and oxygen atoms in total. The molecule has 2 unspecified atom stereocenters. The van der Waals surface area contributed by atoms with Crippen LogP contribution in [0.25, 0.3) is 10.9 Å². The van der Waals surface area contributed by atoms with E-state index in [9.17, 15) is 22.8 Å². The number of sulfone groups is 1. The first-order chi connectivity index (χ1) is 20.1. The Kier molecular flexibility index (Phi) is 9.24. The second-order valence-corrected chi connectivity index (χ2v) is 14.4. The molecule has 2 bridgehead atoms. The number of benzene rings is 1. The van der Waals surface area contributed by atoms with Crippen LogP contribution in [0.1, 0.15) is 55.9 Å². The van der Waals surface area contributed by atoms with Crippen LogP contribution in [0.2, 0.25) is 0 Å². The summed E-state index contributed by atoms with van der Waals surface area (Å²) in [5.41, 5.74) is 0.734. The fourth-order valence-electron chi connectivity index (χ4n) is 6.88. The van der Waals surface area contributed by atoms with Crippen LogP contribution >= 0.6 is 0 Å². The van der Waals surface area contributed by atoms with E-state index >= 15 is 0 Å². The molecular formula is C30H43N5O6S. The highest BCUT2D eigenvalue weighted by Gasteiger charge is 2.41. The second kappa shape index (κ2) is 12.7. The van der Waals surface area contributed by atoms with E-state index in [1.165, 1.54) is 7.11 Å². The van der Waals surface area contributed by atoms with Crippen LogP contribution < -0.4 is 10.9 Å². The number of rotatable bonds is 9. The maximum Gasteiger partial charge on any atom is 0.409 e. The Bertz CT molecular complexity index is 1450. The van der Waals surface area contributed by atoms with Crippen LogP contribution in [0.15, 0.2) is 35.1 Å². The number of carbonyl (C=O) groups is 2. The van der Waals surface area contributed by atoms with Crippen LogP contribution in [0.3, 0.4) is 0 Å². The van der Waals surface area contributed by atoms with Gasteiger partial charge >= 0.3 is 6.09 Å². The van der Waals surface area contributed by atoms with Gasteiger partial charge in [0.05, 0.1) is 24.1 Å². The van der Waals surface area contributed by atoms with Gasteiger partial charge in [-0.25, -0.2) is 13.2 Å². The van der Waals surface area contributed by atoms with Gasteiger partial charge in [0.1, 0.15) is 5.56 Å². The zero-order valence-electron chi connectivity index (χ0n) is 24.8. The van der Waals surface area contributed by atoms with Gasteiger partial charge in [-0.15, -0.1) is 0 Å². The van der Waals surface area contributed by atoms with Gasteiger partial charge in [-0.2, -0.15) is 0 Å². The largest absolute Gasteiger partial charge is 0.453 e. The van der Waals surface area contributed by atoms with E-state index in [0.717, 1.165) is 36.6 Å². The molecular weight excluding hydrogens is 558 g/mol. The first-order valence-electron chi connectivity index (χ1n) is 15.0. The molecule has 230 valence electrons. The molecule has 1 N–H and O–H groups in total. The van der Waals surface area contributed by atoms with Gasteiger partial charge in [0.15, 0.2) is 9.84 Å². The number of hydrogen-bond donors (Lipinski definition) is 1. The average Bonchev–Trinajstić information content (AvgIpc) is 3.19. The molecule has 1 aromatic heterocycles. The van der Waals surface area contributed by atoms with Gasteiger partial charge in [0.2, 0.25) is 0 Å². The van der Waals surface area contributed by atoms with Crippen LogP contribution in [0.5, 0.6) is 0 Å². The molecule has 2 aromatic rings. The lowest BCUT2D eigenvalue weighted by Crippen LogP contribution is -2.53. The number of amides is 2. The minimum Gasteiger partial charge on any atom is -0.453 e. The Hall–Kier alpha value is -2.96. The molecule has 2 amide bonds. The molecule has 0 radical (unpaired) electrons. The molecule has 2 atom stereocenters. The van der Waals surface area contributed by atoms with Crippen molar-refractivity contribution in [2.24, 2.45) is 0 Å². The normalized spacial score (nSPS) is 24.1. The molecule has 3 aliphatic heterocycles. The molecule has 3 fully saturated rings. The van der Waals surface area contributed by atoms with Crippen LogP contribution in [0, 0.1) is 0 Å². The Morgan fingerprint density at radius 2 is 1.69 bits per heavy atom.